The number of carboxylic acids is 1. The van der Waals surface area contributed by atoms with Crippen molar-refractivity contribution >= 4 is 17.6 Å². The molecule has 3 N–H and O–H groups in total. The summed E-state index contributed by atoms with van der Waals surface area (Å²) in [4.78, 5) is 17.3. The number of carbonyl (C=O) groups is 1. The summed E-state index contributed by atoms with van der Waals surface area (Å²) in [5.41, 5.74) is 7.73. The lowest BCUT2D eigenvalue weighted by Crippen LogP contribution is -2.56. The maximum Gasteiger partial charge on any atom is 0.306 e. The number of benzene rings is 1. The predicted octanol–water partition coefficient (Wildman–Crippen LogP) is 2.33. The summed E-state index contributed by atoms with van der Waals surface area (Å²) in [5, 5.41) is 23.6. The largest absolute Gasteiger partial charge is 0.619 e. The Hall–Kier alpha value is -2.19. The topological polar surface area (TPSA) is 103 Å². The van der Waals surface area contributed by atoms with Crippen LogP contribution in [0.5, 0.6) is 0 Å². The van der Waals surface area contributed by atoms with E-state index in [1.807, 2.05) is 24.3 Å². The van der Waals surface area contributed by atoms with Crippen LogP contribution in [-0.4, -0.2) is 40.9 Å². The Morgan fingerprint density at radius 1 is 1.34 bits per heavy atom. The molecule has 29 heavy (non-hydrogen) atoms. The van der Waals surface area contributed by atoms with Crippen LogP contribution in [0.25, 0.3) is 0 Å². The molecule has 1 aliphatic heterocycles. The highest BCUT2D eigenvalue weighted by molar-refractivity contribution is 6.30. The van der Waals surface area contributed by atoms with E-state index in [4.69, 9.17) is 22.2 Å². The molecule has 0 unspecified atom stereocenters. The van der Waals surface area contributed by atoms with Crippen LogP contribution >= 0.6 is 11.6 Å². The number of nitrogens with two attached hydrogens (primary N) is 1. The molecule has 3 rings (SSSR count). The number of rotatable bonds is 8. The van der Waals surface area contributed by atoms with Crippen LogP contribution in [0.2, 0.25) is 5.02 Å². The van der Waals surface area contributed by atoms with Crippen LogP contribution in [0.15, 0.2) is 48.7 Å². The van der Waals surface area contributed by atoms with Crippen LogP contribution in [0, 0.1) is 5.21 Å². The van der Waals surface area contributed by atoms with Crippen LogP contribution < -0.4 is 10.5 Å². The first kappa shape index (κ1) is 21.5. The molecule has 1 aliphatic rings. The van der Waals surface area contributed by atoms with Crippen molar-refractivity contribution in [2.45, 2.75) is 43.7 Å². The Morgan fingerprint density at radius 3 is 2.79 bits per heavy atom. The number of piperidine rings is 1. The number of halogens is 1. The predicted molar refractivity (Wildman–Crippen MR) is 109 cm³/mol. The molecule has 1 fully saturated rings. The van der Waals surface area contributed by atoms with E-state index in [-0.39, 0.29) is 12.8 Å². The molecule has 2 heterocycles. The zero-order chi connectivity index (χ0) is 20.9. The Bertz CT molecular complexity index is 833. The van der Waals surface area contributed by atoms with E-state index in [1.54, 1.807) is 23.3 Å². The molecule has 0 aliphatic carbocycles. The molecular weight excluding hydrogens is 394 g/mol. The number of hydrogen-bond acceptors (Lipinski definition) is 5. The molecule has 156 valence electrons. The molecule has 0 radical (unpaired) electrons. The minimum Gasteiger partial charge on any atom is -0.619 e. The lowest BCUT2D eigenvalue weighted by Gasteiger charge is -2.40. The SMILES string of the molecule is N[C@@]1(Cc2ccc(Cl)cc2)CCCN(O[C@@H](CC(=O)O)Cc2cccc[n+]2[O-])C1. The first-order valence-corrected chi connectivity index (χ1v) is 10.0. The van der Waals surface area contributed by atoms with Gasteiger partial charge in [-0.1, -0.05) is 29.8 Å². The van der Waals surface area contributed by atoms with E-state index < -0.39 is 17.6 Å². The fourth-order valence-electron chi connectivity index (χ4n) is 3.77. The van der Waals surface area contributed by atoms with Gasteiger partial charge in [0.15, 0.2) is 11.9 Å². The minimum atomic E-state index is -0.972. The van der Waals surface area contributed by atoms with E-state index in [1.165, 1.54) is 6.20 Å². The van der Waals surface area contributed by atoms with Gasteiger partial charge in [-0.25, -0.2) is 0 Å². The fraction of sp³-hybridized carbons (Fsp3) is 0.429. The molecule has 8 heteroatoms. The summed E-state index contributed by atoms with van der Waals surface area (Å²) in [6.45, 7) is 1.15. The lowest BCUT2D eigenvalue weighted by atomic mass is 9.85. The highest BCUT2D eigenvalue weighted by Crippen LogP contribution is 2.25. The van der Waals surface area contributed by atoms with Crippen molar-refractivity contribution in [2.24, 2.45) is 5.73 Å². The van der Waals surface area contributed by atoms with Crippen molar-refractivity contribution in [1.29, 1.82) is 0 Å². The summed E-state index contributed by atoms with van der Waals surface area (Å²) < 4.78 is 0.738. The van der Waals surface area contributed by atoms with Gasteiger partial charge < -0.3 is 16.0 Å². The first-order chi connectivity index (χ1) is 13.8. The molecule has 1 aromatic heterocycles. The number of nitrogens with zero attached hydrogens (tertiary/aromatic N) is 2. The van der Waals surface area contributed by atoms with Gasteiger partial charge >= 0.3 is 5.97 Å². The number of hydrogen-bond donors (Lipinski definition) is 2. The average Bonchev–Trinajstić information content (AvgIpc) is 2.65. The number of aromatic nitrogens is 1. The summed E-state index contributed by atoms with van der Waals surface area (Å²) in [5.74, 6) is -0.972. The normalized spacial score (nSPS) is 21.0. The molecule has 0 amide bonds. The maximum absolute atomic E-state index is 11.9. The molecule has 0 spiro atoms. The van der Waals surface area contributed by atoms with Gasteiger partial charge in [-0.3, -0.25) is 9.63 Å². The van der Waals surface area contributed by atoms with E-state index >= 15 is 0 Å². The second-order valence-electron chi connectivity index (χ2n) is 7.68. The van der Waals surface area contributed by atoms with Gasteiger partial charge in [0.05, 0.1) is 18.9 Å². The molecular formula is C21H26ClN3O4. The van der Waals surface area contributed by atoms with Gasteiger partial charge in [0, 0.05) is 35.8 Å². The third-order valence-electron chi connectivity index (χ3n) is 5.08. The Kier molecular flexibility index (Phi) is 7.08. The van der Waals surface area contributed by atoms with Crippen molar-refractivity contribution in [3.05, 3.63) is 70.1 Å². The molecule has 1 aromatic carbocycles. The number of carboxylic acid groups (broad SMARTS) is 1. The fourth-order valence-corrected chi connectivity index (χ4v) is 3.89. The molecule has 2 atom stereocenters. The Labute approximate surface area is 175 Å². The van der Waals surface area contributed by atoms with Crippen LogP contribution in [0.3, 0.4) is 0 Å². The zero-order valence-electron chi connectivity index (χ0n) is 16.2. The van der Waals surface area contributed by atoms with Crippen molar-refractivity contribution < 1.29 is 19.5 Å². The van der Waals surface area contributed by atoms with Gasteiger partial charge in [0.25, 0.3) is 0 Å². The maximum atomic E-state index is 11.9. The Balaban J connectivity index is 1.66. The van der Waals surface area contributed by atoms with E-state index in [9.17, 15) is 15.1 Å². The highest BCUT2D eigenvalue weighted by atomic mass is 35.5. The summed E-state index contributed by atoms with van der Waals surface area (Å²) >= 11 is 5.96. The summed E-state index contributed by atoms with van der Waals surface area (Å²) in [7, 11) is 0. The highest BCUT2D eigenvalue weighted by Gasteiger charge is 2.34. The van der Waals surface area contributed by atoms with Crippen molar-refractivity contribution in [3.8, 4) is 0 Å². The second kappa shape index (κ2) is 9.54. The average molecular weight is 420 g/mol. The zero-order valence-corrected chi connectivity index (χ0v) is 16.9. The standard InChI is InChI=1S/C21H26ClN3O4/c22-17-7-5-16(6-8-17)14-21(23)9-3-10-24(15-21)29-19(13-20(26)27)12-18-4-1-2-11-25(18)28/h1-2,4-8,11,19H,3,9-10,12-15,23H2,(H,26,27)/t19-,21-/m1/s1. The van der Waals surface area contributed by atoms with Gasteiger partial charge in [-0.05, 0) is 37.0 Å². The molecule has 2 aromatic rings. The minimum absolute atomic E-state index is 0.194. The lowest BCUT2D eigenvalue weighted by molar-refractivity contribution is -0.614. The second-order valence-corrected chi connectivity index (χ2v) is 8.12. The van der Waals surface area contributed by atoms with Gasteiger partial charge in [0.2, 0.25) is 0 Å². The van der Waals surface area contributed by atoms with Crippen molar-refractivity contribution in [2.75, 3.05) is 13.1 Å². The monoisotopic (exact) mass is 419 g/mol. The van der Waals surface area contributed by atoms with Gasteiger partial charge in [0.1, 0.15) is 0 Å². The van der Waals surface area contributed by atoms with Gasteiger partial charge in [-0.2, -0.15) is 9.79 Å². The van der Waals surface area contributed by atoms with Crippen molar-refractivity contribution in [3.63, 3.8) is 0 Å². The smallest absolute Gasteiger partial charge is 0.306 e. The van der Waals surface area contributed by atoms with Crippen LogP contribution in [0.1, 0.15) is 30.5 Å². The third kappa shape index (κ3) is 6.40. The number of pyridine rings is 1. The molecule has 1 saturated heterocycles. The number of aliphatic carboxylic acids is 1. The molecule has 0 saturated carbocycles. The number of hydroxylamine groups is 2. The van der Waals surface area contributed by atoms with E-state index in [2.05, 4.69) is 0 Å². The molecule has 0 bridgehead atoms. The van der Waals surface area contributed by atoms with Crippen LogP contribution in [0.4, 0.5) is 0 Å². The van der Waals surface area contributed by atoms with Gasteiger partial charge in [-0.15, -0.1) is 0 Å². The van der Waals surface area contributed by atoms with Crippen LogP contribution in [-0.2, 0) is 22.5 Å². The third-order valence-corrected chi connectivity index (χ3v) is 5.34. The van der Waals surface area contributed by atoms with E-state index in [0.29, 0.717) is 30.2 Å². The van der Waals surface area contributed by atoms with E-state index in [0.717, 1.165) is 23.1 Å². The summed E-state index contributed by atoms with van der Waals surface area (Å²) in [6.07, 6.45) is 3.13. The van der Waals surface area contributed by atoms with Crippen molar-refractivity contribution in [1.82, 2.24) is 5.06 Å². The summed E-state index contributed by atoms with van der Waals surface area (Å²) in [6, 6.07) is 12.7. The Morgan fingerprint density at radius 2 is 2.10 bits per heavy atom. The molecule has 7 nitrogen and oxygen atoms in total. The quantitative estimate of drug-likeness (QED) is 0.502. The first-order valence-electron chi connectivity index (χ1n) is 9.67.